The van der Waals surface area contributed by atoms with Gasteiger partial charge in [0.2, 0.25) is 0 Å². The van der Waals surface area contributed by atoms with Crippen molar-refractivity contribution in [3.8, 4) is 0 Å². The molecule has 0 amide bonds. The van der Waals surface area contributed by atoms with Crippen LogP contribution >= 0.6 is 11.3 Å². The van der Waals surface area contributed by atoms with Gasteiger partial charge < -0.3 is 5.32 Å². The van der Waals surface area contributed by atoms with Crippen LogP contribution in [0.3, 0.4) is 0 Å². The van der Waals surface area contributed by atoms with Crippen LogP contribution in [0.4, 0.5) is 0 Å². The number of nitrogens with one attached hydrogen (secondary N) is 2. The Labute approximate surface area is 133 Å². The van der Waals surface area contributed by atoms with Gasteiger partial charge in [0.15, 0.2) is 0 Å². The molecule has 4 nitrogen and oxygen atoms in total. The SMILES string of the molecule is CCCNCc1csc(S(=O)(=O)NC(CC)(CC)CC)c1. The Morgan fingerprint density at radius 3 is 2.29 bits per heavy atom. The topological polar surface area (TPSA) is 58.2 Å². The Balaban J connectivity index is 2.83. The van der Waals surface area contributed by atoms with Gasteiger partial charge in [0.25, 0.3) is 10.0 Å². The zero-order chi connectivity index (χ0) is 15.9. The lowest BCUT2D eigenvalue weighted by molar-refractivity contribution is 0.342. The molecule has 0 aliphatic heterocycles. The van der Waals surface area contributed by atoms with Crippen molar-refractivity contribution in [1.82, 2.24) is 10.0 Å². The smallest absolute Gasteiger partial charge is 0.250 e. The summed E-state index contributed by atoms with van der Waals surface area (Å²) in [4.78, 5) is 0. The lowest BCUT2D eigenvalue weighted by Crippen LogP contribution is -2.46. The maximum atomic E-state index is 12.5. The lowest BCUT2D eigenvalue weighted by atomic mass is 9.91. The zero-order valence-electron chi connectivity index (χ0n) is 13.5. The minimum atomic E-state index is -3.42. The molecule has 1 rings (SSSR count). The highest BCUT2D eigenvalue weighted by atomic mass is 32.2. The third kappa shape index (κ3) is 5.06. The summed E-state index contributed by atoms with van der Waals surface area (Å²) in [7, 11) is -3.42. The summed E-state index contributed by atoms with van der Waals surface area (Å²) in [5.74, 6) is 0. The van der Waals surface area contributed by atoms with Gasteiger partial charge in [-0.15, -0.1) is 11.3 Å². The first kappa shape index (κ1) is 18.6. The predicted octanol–water partition coefficient (Wildman–Crippen LogP) is 3.49. The standard InChI is InChI=1S/C15H28N2O2S2/c1-5-9-16-11-13-10-14(20-12-13)21(18,19)17-15(6-2,7-3)8-4/h10,12,16-17H,5-9,11H2,1-4H3. The van der Waals surface area contributed by atoms with Crippen LogP contribution in [0.2, 0.25) is 0 Å². The van der Waals surface area contributed by atoms with E-state index in [9.17, 15) is 8.42 Å². The first-order valence-electron chi connectivity index (χ1n) is 7.75. The summed E-state index contributed by atoms with van der Waals surface area (Å²) in [5.41, 5.74) is 0.701. The van der Waals surface area contributed by atoms with E-state index in [2.05, 4.69) is 17.0 Å². The van der Waals surface area contributed by atoms with Gasteiger partial charge in [-0.05, 0) is 49.2 Å². The quantitative estimate of drug-likeness (QED) is 0.645. The van der Waals surface area contributed by atoms with Gasteiger partial charge in [0, 0.05) is 12.1 Å². The molecule has 1 heterocycles. The van der Waals surface area contributed by atoms with Gasteiger partial charge in [-0.3, -0.25) is 0 Å². The second kappa shape index (κ2) is 8.27. The van der Waals surface area contributed by atoms with Crippen LogP contribution in [0.1, 0.15) is 58.9 Å². The van der Waals surface area contributed by atoms with E-state index in [0.29, 0.717) is 4.21 Å². The molecule has 2 N–H and O–H groups in total. The molecular weight excluding hydrogens is 304 g/mol. The fraction of sp³-hybridized carbons (Fsp3) is 0.733. The van der Waals surface area contributed by atoms with Crippen molar-refractivity contribution in [2.45, 2.75) is 69.7 Å². The number of hydrogen-bond donors (Lipinski definition) is 2. The Kier molecular flexibility index (Phi) is 7.33. The van der Waals surface area contributed by atoms with Gasteiger partial charge in [-0.25, -0.2) is 13.1 Å². The molecule has 6 heteroatoms. The van der Waals surface area contributed by atoms with Crippen LogP contribution in [-0.2, 0) is 16.6 Å². The maximum absolute atomic E-state index is 12.5. The van der Waals surface area contributed by atoms with E-state index in [1.165, 1.54) is 11.3 Å². The van der Waals surface area contributed by atoms with Gasteiger partial charge in [-0.2, -0.15) is 0 Å². The molecule has 1 aromatic heterocycles. The molecule has 122 valence electrons. The predicted molar refractivity (Wildman–Crippen MR) is 90.2 cm³/mol. The molecule has 0 aliphatic rings. The van der Waals surface area contributed by atoms with Crippen molar-refractivity contribution in [1.29, 1.82) is 0 Å². The van der Waals surface area contributed by atoms with Crippen LogP contribution in [0.5, 0.6) is 0 Å². The highest BCUT2D eigenvalue weighted by Gasteiger charge is 2.31. The van der Waals surface area contributed by atoms with E-state index in [1.807, 2.05) is 26.2 Å². The van der Waals surface area contributed by atoms with Crippen LogP contribution in [0, 0.1) is 0 Å². The van der Waals surface area contributed by atoms with Crippen molar-refractivity contribution < 1.29 is 8.42 Å². The largest absolute Gasteiger partial charge is 0.313 e. The summed E-state index contributed by atoms with van der Waals surface area (Å²) in [6.07, 6.45) is 3.48. The second-order valence-corrected chi connectivity index (χ2v) is 8.22. The number of sulfonamides is 1. The van der Waals surface area contributed by atoms with Crippen LogP contribution in [0.25, 0.3) is 0 Å². The van der Waals surface area contributed by atoms with Crippen molar-refractivity contribution in [3.63, 3.8) is 0 Å². The fourth-order valence-electron chi connectivity index (χ4n) is 2.30. The number of thiophene rings is 1. The molecule has 21 heavy (non-hydrogen) atoms. The van der Waals surface area contributed by atoms with Crippen LogP contribution in [0.15, 0.2) is 15.7 Å². The fourth-order valence-corrected chi connectivity index (χ4v) is 5.12. The minimum Gasteiger partial charge on any atom is -0.313 e. The summed E-state index contributed by atoms with van der Waals surface area (Å²) >= 11 is 1.30. The van der Waals surface area contributed by atoms with Crippen LogP contribution < -0.4 is 10.0 Å². The van der Waals surface area contributed by atoms with Crippen LogP contribution in [-0.4, -0.2) is 20.5 Å². The first-order valence-corrected chi connectivity index (χ1v) is 10.1. The van der Waals surface area contributed by atoms with E-state index in [0.717, 1.165) is 44.3 Å². The monoisotopic (exact) mass is 332 g/mol. The van der Waals surface area contributed by atoms with E-state index in [4.69, 9.17) is 0 Å². The van der Waals surface area contributed by atoms with Gasteiger partial charge >= 0.3 is 0 Å². The second-order valence-electron chi connectivity index (χ2n) is 5.40. The highest BCUT2D eigenvalue weighted by molar-refractivity contribution is 7.91. The molecule has 0 unspecified atom stereocenters. The molecule has 0 saturated carbocycles. The summed E-state index contributed by atoms with van der Waals surface area (Å²) < 4.78 is 28.4. The maximum Gasteiger partial charge on any atom is 0.250 e. The molecule has 0 bridgehead atoms. The van der Waals surface area contributed by atoms with Crippen molar-refractivity contribution in [3.05, 3.63) is 17.0 Å². The van der Waals surface area contributed by atoms with Crippen molar-refractivity contribution in [2.75, 3.05) is 6.54 Å². The van der Waals surface area contributed by atoms with E-state index < -0.39 is 10.0 Å². The molecule has 0 atom stereocenters. The van der Waals surface area contributed by atoms with Gasteiger partial charge in [0.1, 0.15) is 4.21 Å². The molecule has 0 aromatic carbocycles. The molecular formula is C15H28N2O2S2. The molecule has 1 aromatic rings. The highest BCUT2D eigenvalue weighted by Crippen LogP contribution is 2.26. The van der Waals surface area contributed by atoms with Gasteiger partial charge in [0.05, 0.1) is 0 Å². The van der Waals surface area contributed by atoms with Gasteiger partial charge in [-0.1, -0.05) is 27.7 Å². The Bertz CT molecular complexity index is 511. The van der Waals surface area contributed by atoms with E-state index in [-0.39, 0.29) is 5.54 Å². The average Bonchev–Trinajstić information content (AvgIpc) is 2.95. The molecule has 0 aliphatic carbocycles. The van der Waals surface area contributed by atoms with Crippen molar-refractivity contribution in [2.24, 2.45) is 0 Å². The third-order valence-corrected chi connectivity index (χ3v) is 7.10. The Morgan fingerprint density at radius 1 is 1.14 bits per heavy atom. The number of rotatable bonds is 10. The normalized spacial score (nSPS) is 12.8. The van der Waals surface area contributed by atoms with Crippen molar-refractivity contribution >= 4 is 21.4 Å². The van der Waals surface area contributed by atoms with E-state index >= 15 is 0 Å². The Morgan fingerprint density at radius 2 is 1.76 bits per heavy atom. The Hall–Kier alpha value is -0.430. The zero-order valence-corrected chi connectivity index (χ0v) is 15.2. The first-order chi connectivity index (χ1) is 9.93. The third-order valence-electron chi connectivity index (χ3n) is 4.03. The molecule has 0 fully saturated rings. The summed E-state index contributed by atoms with van der Waals surface area (Å²) in [5, 5.41) is 5.21. The minimum absolute atomic E-state index is 0.330. The average molecular weight is 333 g/mol. The molecule has 0 radical (unpaired) electrons. The molecule has 0 saturated heterocycles. The van der Waals surface area contributed by atoms with E-state index in [1.54, 1.807) is 6.07 Å². The molecule has 0 spiro atoms. The lowest BCUT2D eigenvalue weighted by Gasteiger charge is -2.30. The summed E-state index contributed by atoms with van der Waals surface area (Å²) in [6.45, 7) is 9.87. The number of hydrogen-bond acceptors (Lipinski definition) is 4. The summed E-state index contributed by atoms with van der Waals surface area (Å²) in [6, 6.07) is 1.78.